The van der Waals surface area contributed by atoms with E-state index in [1.807, 2.05) is 19.2 Å². The highest BCUT2D eigenvalue weighted by Crippen LogP contribution is 2.28. The number of carbonyl (C=O) groups is 2. The Morgan fingerprint density at radius 2 is 2.20 bits per heavy atom. The van der Waals surface area contributed by atoms with Gasteiger partial charge < -0.3 is 15.1 Å². The van der Waals surface area contributed by atoms with Crippen LogP contribution >= 0.6 is 0 Å². The molecule has 1 N–H and O–H groups in total. The number of likely N-dealkylation sites (tertiary alicyclic amines) is 1. The molecular formula is C15H19N3O2. The van der Waals surface area contributed by atoms with Crippen molar-refractivity contribution in [3.63, 3.8) is 0 Å². The van der Waals surface area contributed by atoms with E-state index < -0.39 is 11.7 Å². The average molecular weight is 273 g/mol. The summed E-state index contributed by atoms with van der Waals surface area (Å²) in [5.74, 6) is -0.972. The van der Waals surface area contributed by atoms with Crippen LogP contribution in [0.3, 0.4) is 0 Å². The first kappa shape index (κ1) is 13.1. The summed E-state index contributed by atoms with van der Waals surface area (Å²) in [6, 6.07) is 6.10. The molecule has 1 amide bonds. The minimum absolute atomic E-state index is 0.440. The van der Waals surface area contributed by atoms with Crippen LogP contribution in [-0.4, -0.2) is 49.8 Å². The maximum absolute atomic E-state index is 11.6. The van der Waals surface area contributed by atoms with Crippen LogP contribution in [0.5, 0.6) is 0 Å². The van der Waals surface area contributed by atoms with Crippen molar-refractivity contribution in [2.45, 2.75) is 18.9 Å². The molecule has 0 radical (unpaired) electrons. The van der Waals surface area contributed by atoms with Crippen LogP contribution in [0.4, 0.5) is 11.4 Å². The van der Waals surface area contributed by atoms with E-state index >= 15 is 0 Å². The molecule has 0 aromatic heterocycles. The van der Waals surface area contributed by atoms with Crippen molar-refractivity contribution in [3.05, 3.63) is 23.8 Å². The molecule has 106 valence electrons. The molecule has 1 aromatic rings. The maximum Gasteiger partial charge on any atom is 0.296 e. The van der Waals surface area contributed by atoms with Crippen molar-refractivity contribution < 1.29 is 9.59 Å². The highest BCUT2D eigenvalue weighted by molar-refractivity contribution is 6.51. The van der Waals surface area contributed by atoms with Gasteiger partial charge in [0.2, 0.25) is 0 Å². The summed E-state index contributed by atoms with van der Waals surface area (Å²) in [4.78, 5) is 27.5. The molecule has 1 saturated heterocycles. The molecule has 1 aromatic carbocycles. The van der Waals surface area contributed by atoms with E-state index in [2.05, 4.69) is 22.2 Å². The summed E-state index contributed by atoms with van der Waals surface area (Å²) in [5.41, 5.74) is 2.13. The molecule has 0 bridgehead atoms. The van der Waals surface area contributed by atoms with Gasteiger partial charge in [-0.1, -0.05) is 0 Å². The number of hydrogen-bond acceptors (Lipinski definition) is 4. The zero-order valence-corrected chi connectivity index (χ0v) is 11.8. The fourth-order valence-electron chi connectivity index (χ4n) is 3.00. The summed E-state index contributed by atoms with van der Waals surface area (Å²) >= 11 is 0. The van der Waals surface area contributed by atoms with Gasteiger partial charge in [-0.2, -0.15) is 0 Å². The number of benzene rings is 1. The van der Waals surface area contributed by atoms with Gasteiger partial charge in [0.25, 0.3) is 11.7 Å². The normalized spacial score (nSPS) is 22.0. The molecule has 1 unspecified atom stereocenters. The molecule has 2 heterocycles. The number of amides is 1. The lowest BCUT2D eigenvalue weighted by Crippen LogP contribution is -2.36. The molecular weight excluding hydrogens is 254 g/mol. The minimum atomic E-state index is -0.532. The molecule has 0 saturated carbocycles. The number of fused-ring (bicyclic) bond motifs is 1. The third kappa shape index (κ3) is 2.18. The number of nitrogens with zero attached hydrogens (tertiary/aromatic N) is 2. The van der Waals surface area contributed by atoms with Gasteiger partial charge in [0.05, 0.1) is 11.3 Å². The summed E-state index contributed by atoms with van der Waals surface area (Å²) in [5, 5.41) is 2.62. The fourth-order valence-corrected chi connectivity index (χ4v) is 3.00. The molecule has 0 spiro atoms. The smallest absolute Gasteiger partial charge is 0.296 e. The quantitative estimate of drug-likeness (QED) is 0.845. The topological polar surface area (TPSA) is 52.6 Å². The van der Waals surface area contributed by atoms with Gasteiger partial charge in [0.1, 0.15) is 0 Å². The zero-order chi connectivity index (χ0) is 14.3. The Kier molecular flexibility index (Phi) is 3.22. The number of rotatable bonds is 3. The van der Waals surface area contributed by atoms with Crippen molar-refractivity contribution in [1.82, 2.24) is 4.90 Å². The van der Waals surface area contributed by atoms with Gasteiger partial charge in [0.15, 0.2) is 0 Å². The third-order valence-electron chi connectivity index (χ3n) is 4.30. The Balaban J connectivity index is 1.76. The van der Waals surface area contributed by atoms with Crippen LogP contribution in [-0.2, 0) is 4.79 Å². The van der Waals surface area contributed by atoms with E-state index in [4.69, 9.17) is 0 Å². The van der Waals surface area contributed by atoms with Crippen molar-refractivity contribution in [2.24, 2.45) is 0 Å². The van der Waals surface area contributed by atoms with Crippen molar-refractivity contribution in [3.8, 4) is 0 Å². The van der Waals surface area contributed by atoms with E-state index in [1.165, 1.54) is 12.8 Å². The number of carbonyl (C=O) groups excluding carboxylic acids is 2. The minimum Gasteiger partial charge on any atom is -0.373 e. The van der Waals surface area contributed by atoms with Crippen molar-refractivity contribution in [2.75, 3.05) is 37.4 Å². The first-order chi connectivity index (χ1) is 9.56. The van der Waals surface area contributed by atoms with Crippen LogP contribution < -0.4 is 10.2 Å². The summed E-state index contributed by atoms with van der Waals surface area (Å²) in [6.07, 6.45) is 2.48. The molecule has 20 heavy (non-hydrogen) atoms. The zero-order valence-electron chi connectivity index (χ0n) is 11.8. The molecule has 3 rings (SSSR count). The second-order valence-electron chi connectivity index (χ2n) is 5.67. The molecule has 2 aliphatic heterocycles. The summed E-state index contributed by atoms with van der Waals surface area (Å²) in [7, 11) is 4.21. The standard InChI is InChI=1S/C15H19N3O2/c1-17-7-3-4-11(17)9-18(2)10-5-6-12-13(8-10)16-15(20)14(12)19/h5-6,8,11H,3-4,7,9H2,1-2H3,(H,16,19,20). The lowest BCUT2D eigenvalue weighted by atomic mass is 10.1. The monoisotopic (exact) mass is 273 g/mol. The number of hydrogen-bond donors (Lipinski definition) is 1. The lowest BCUT2D eigenvalue weighted by Gasteiger charge is -2.27. The fraction of sp³-hybridized carbons (Fsp3) is 0.467. The second-order valence-corrected chi connectivity index (χ2v) is 5.67. The van der Waals surface area contributed by atoms with Gasteiger partial charge in [-0.15, -0.1) is 0 Å². The van der Waals surface area contributed by atoms with Gasteiger partial charge in [-0.05, 0) is 44.6 Å². The van der Waals surface area contributed by atoms with E-state index in [-0.39, 0.29) is 0 Å². The Labute approximate surface area is 118 Å². The van der Waals surface area contributed by atoms with E-state index in [0.717, 1.165) is 18.8 Å². The molecule has 1 fully saturated rings. The lowest BCUT2D eigenvalue weighted by molar-refractivity contribution is -0.112. The number of ketones is 1. The Morgan fingerprint density at radius 1 is 1.40 bits per heavy atom. The third-order valence-corrected chi connectivity index (χ3v) is 4.30. The van der Waals surface area contributed by atoms with Crippen LogP contribution in [0.1, 0.15) is 23.2 Å². The van der Waals surface area contributed by atoms with Gasteiger partial charge in [0, 0.05) is 25.3 Å². The number of nitrogens with one attached hydrogen (secondary N) is 1. The molecule has 2 aliphatic rings. The highest BCUT2D eigenvalue weighted by atomic mass is 16.2. The first-order valence-electron chi connectivity index (χ1n) is 6.97. The second kappa shape index (κ2) is 4.90. The molecule has 5 nitrogen and oxygen atoms in total. The molecule has 0 aliphatic carbocycles. The number of anilines is 2. The van der Waals surface area contributed by atoms with Gasteiger partial charge >= 0.3 is 0 Å². The number of Topliss-reactive ketones (excluding diaryl/α,β-unsaturated/α-hetero) is 1. The Bertz CT molecular complexity index is 570. The van der Waals surface area contributed by atoms with Crippen molar-refractivity contribution >= 4 is 23.1 Å². The van der Waals surface area contributed by atoms with E-state index in [0.29, 0.717) is 17.3 Å². The predicted octanol–water partition coefficient (Wildman–Crippen LogP) is 1.35. The summed E-state index contributed by atoms with van der Waals surface area (Å²) < 4.78 is 0. The summed E-state index contributed by atoms with van der Waals surface area (Å²) in [6.45, 7) is 2.12. The largest absolute Gasteiger partial charge is 0.373 e. The maximum atomic E-state index is 11.6. The van der Waals surface area contributed by atoms with E-state index in [9.17, 15) is 9.59 Å². The number of likely N-dealkylation sites (N-methyl/N-ethyl adjacent to an activating group) is 2. The van der Waals surface area contributed by atoms with Crippen LogP contribution in [0, 0.1) is 0 Å². The highest BCUT2D eigenvalue weighted by Gasteiger charge is 2.28. The van der Waals surface area contributed by atoms with Crippen molar-refractivity contribution in [1.29, 1.82) is 0 Å². The van der Waals surface area contributed by atoms with E-state index in [1.54, 1.807) is 6.07 Å². The van der Waals surface area contributed by atoms with Gasteiger partial charge in [-0.25, -0.2) is 0 Å². The van der Waals surface area contributed by atoms with Crippen LogP contribution in [0.2, 0.25) is 0 Å². The van der Waals surface area contributed by atoms with Crippen LogP contribution in [0.15, 0.2) is 18.2 Å². The SMILES string of the molecule is CN(CC1CCCN1C)c1ccc2c(c1)NC(=O)C2=O. The molecule has 5 heteroatoms. The predicted molar refractivity (Wildman–Crippen MR) is 78.3 cm³/mol. The Morgan fingerprint density at radius 3 is 2.90 bits per heavy atom. The van der Waals surface area contributed by atoms with Gasteiger partial charge in [-0.3, -0.25) is 9.59 Å². The molecule has 1 atom stereocenters. The first-order valence-corrected chi connectivity index (χ1v) is 6.97. The van der Waals surface area contributed by atoms with Crippen LogP contribution in [0.25, 0.3) is 0 Å². The average Bonchev–Trinajstić information content (AvgIpc) is 2.95. The Hall–Kier alpha value is -1.88.